The van der Waals surface area contributed by atoms with Gasteiger partial charge >= 0.3 is 5.97 Å². The summed E-state index contributed by atoms with van der Waals surface area (Å²) in [6, 6.07) is 5.12. The van der Waals surface area contributed by atoms with Gasteiger partial charge in [-0.15, -0.1) is 11.8 Å². The Morgan fingerprint density at radius 3 is 2.29 bits per heavy atom. The number of rotatable bonds is 11. The molecule has 1 amide bonds. The van der Waals surface area contributed by atoms with Gasteiger partial charge in [0, 0.05) is 5.92 Å². The molecule has 1 saturated heterocycles. The Bertz CT molecular complexity index is 675. The summed E-state index contributed by atoms with van der Waals surface area (Å²) >= 11 is 1.55. The van der Waals surface area contributed by atoms with E-state index in [2.05, 4.69) is 6.92 Å². The number of benzene rings is 1. The van der Waals surface area contributed by atoms with Gasteiger partial charge in [-0.05, 0) is 43.2 Å². The third kappa shape index (κ3) is 4.07. The predicted octanol–water partition coefficient (Wildman–Crippen LogP) is 5.28. The highest BCUT2D eigenvalue weighted by Gasteiger charge is 2.62. The van der Waals surface area contributed by atoms with Gasteiger partial charge in [0.25, 0.3) is 0 Å². The lowest BCUT2D eigenvalue weighted by Gasteiger charge is -2.58. The summed E-state index contributed by atoms with van der Waals surface area (Å²) in [6.07, 6.45) is 6.90. The van der Waals surface area contributed by atoms with Crippen molar-refractivity contribution in [2.75, 3.05) is 6.26 Å². The Balaban J connectivity index is 2.42. The minimum absolute atomic E-state index is 0.0631. The smallest absolute Gasteiger partial charge is 0.327 e. The summed E-state index contributed by atoms with van der Waals surface area (Å²) < 4.78 is 13.4. The first-order chi connectivity index (χ1) is 13.4. The van der Waals surface area contributed by atoms with Gasteiger partial charge in [-0.1, -0.05) is 52.2 Å². The number of thioether (sulfide) groups is 1. The lowest BCUT2D eigenvalue weighted by Crippen LogP contribution is -2.71. The molecule has 1 aromatic rings. The van der Waals surface area contributed by atoms with E-state index >= 15 is 0 Å². The van der Waals surface area contributed by atoms with Crippen molar-refractivity contribution in [2.45, 2.75) is 76.6 Å². The van der Waals surface area contributed by atoms with Gasteiger partial charge < -0.3 is 10.0 Å². The average molecular weight is 410 g/mol. The SMILES string of the molecule is CCCCCC(c1ccc(F)cc1)C(C(=O)O)N1C(=O)C(CC)(CC)C1SC. The van der Waals surface area contributed by atoms with Crippen LogP contribution in [0.15, 0.2) is 24.3 Å². The maximum absolute atomic E-state index is 13.4. The van der Waals surface area contributed by atoms with Crippen LogP contribution < -0.4 is 0 Å². The van der Waals surface area contributed by atoms with E-state index in [1.54, 1.807) is 28.8 Å². The van der Waals surface area contributed by atoms with Crippen LogP contribution in [0, 0.1) is 11.2 Å². The quantitative estimate of drug-likeness (QED) is 0.399. The molecular weight excluding hydrogens is 377 g/mol. The fourth-order valence-electron chi connectivity index (χ4n) is 4.50. The number of likely N-dealkylation sites (tertiary alicyclic amines) is 1. The molecule has 4 nitrogen and oxygen atoms in total. The van der Waals surface area contributed by atoms with Gasteiger partial charge in [0.05, 0.1) is 10.8 Å². The standard InChI is InChI=1S/C22H32FNO3S/c1-5-8-9-10-17(15-11-13-16(23)14-12-15)18(19(25)26)24-20(27)22(6-2,7-3)21(24)28-4/h11-14,17-18,21H,5-10H2,1-4H3,(H,25,26). The second kappa shape index (κ2) is 9.77. The van der Waals surface area contributed by atoms with Crippen molar-refractivity contribution in [3.05, 3.63) is 35.6 Å². The number of carboxylic acid groups (broad SMARTS) is 1. The molecule has 0 radical (unpaired) electrons. The molecule has 1 N–H and O–H groups in total. The molecule has 2 rings (SSSR count). The van der Waals surface area contributed by atoms with E-state index in [1.807, 2.05) is 20.1 Å². The molecule has 6 heteroatoms. The Labute approximate surface area is 171 Å². The fraction of sp³-hybridized carbons (Fsp3) is 0.636. The molecule has 1 aliphatic heterocycles. The predicted molar refractivity (Wildman–Crippen MR) is 112 cm³/mol. The number of hydrogen-bond acceptors (Lipinski definition) is 3. The van der Waals surface area contributed by atoms with Crippen LogP contribution in [0.4, 0.5) is 4.39 Å². The number of β-lactam (4-membered cyclic amide) rings is 1. The second-order valence-corrected chi connectivity index (χ2v) is 8.52. The van der Waals surface area contributed by atoms with Crippen molar-refractivity contribution in [1.82, 2.24) is 4.90 Å². The van der Waals surface area contributed by atoms with Crippen molar-refractivity contribution in [3.8, 4) is 0 Å². The fourth-order valence-corrected chi connectivity index (χ4v) is 5.84. The number of aliphatic carboxylic acids is 1. The van der Waals surface area contributed by atoms with Gasteiger partial charge in [0.1, 0.15) is 11.9 Å². The number of carboxylic acids is 1. The first kappa shape index (κ1) is 22.7. The van der Waals surface area contributed by atoms with Crippen LogP contribution in [0.3, 0.4) is 0 Å². The highest BCUT2D eigenvalue weighted by molar-refractivity contribution is 7.99. The third-order valence-corrected chi connectivity index (χ3v) is 7.35. The van der Waals surface area contributed by atoms with Gasteiger partial charge in [-0.25, -0.2) is 9.18 Å². The first-order valence-electron chi connectivity index (χ1n) is 10.2. The van der Waals surface area contributed by atoms with Crippen molar-refractivity contribution >= 4 is 23.6 Å². The minimum Gasteiger partial charge on any atom is -0.480 e. The number of halogens is 1. The van der Waals surface area contributed by atoms with Gasteiger partial charge in [-0.3, -0.25) is 4.79 Å². The summed E-state index contributed by atoms with van der Waals surface area (Å²) in [5.74, 6) is -1.75. The molecule has 3 unspecified atom stereocenters. The van der Waals surface area contributed by atoms with Crippen molar-refractivity contribution in [2.24, 2.45) is 5.41 Å². The summed E-state index contributed by atoms with van der Waals surface area (Å²) in [5, 5.41) is 9.97. The van der Waals surface area contributed by atoms with E-state index in [0.717, 1.165) is 24.8 Å². The molecule has 0 spiro atoms. The topological polar surface area (TPSA) is 57.6 Å². The largest absolute Gasteiger partial charge is 0.480 e. The molecule has 1 aromatic carbocycles. The van der Waals surface area contributed by atoms with E-state index in [0.29, 0.717) is 19.3 Å². The van der Waals surface area contributed by atoms with E-state index in [-0.39, 0.29) is 23.0 Å². The van der Waals surface area contributed by atoms with Crippen molar-refractivity contribution in [1.29, 1.82) is 0 Å². The highest BCUT2D eigenvalue weighted by atomic mass is 32.2. The first-order valence-corrected chi connectivity index (χ1v) is 11.5. The highest BCUT2D eigenvalue weighted by Crippen LogP contribution is 2.52. The summed E-state index contributed by atoms with van der Waals surface area (Å²) in [6.45, 7) is 6.09. The molecule has 0 aliphatic carbocycles. The number of unbranched alkanes of at least 4 members (excludes halogenated alkanes) is 2. The van der Waals surface area contributed by atoms with E-state index in [9.17, 15) is 19.1 Å². The van der Waals surface area contributed by atoms with Crippen LogP contribution in [0.25, 0.3) is 0 Å². The molecule has 1 fully saturated rings. The van der Waals surface area contributed by atoms with Gasteiger partial charge in [0.15, 0.2) is 0 Å². The Hall–Kier alpha value is -1.56. The zero-order valence-corrected chi connectivity index (χ0v) is 18.1. The van der Waals surface area contributed by atoms with E-state index in [4.69, 9.17) is 0 Å². The van der Waals surface area contributed by atoms with Crippen LogP contribution >= 0.6 is 11.8 Å². The van der Waals surface area contributed by atoms with Crippen molar-refractivity contribution < 1.29 is 19.1 Å². The van der Waals surface area contributed by atoms with Crippen LogP contribution in [0.5, 0.6) is 0 Å². The number of hydrogen-bond donors (Lipinski definition) is 1. The molecular formula is C22H32FNO3S. The van der Waals surface area contributed by atoms with Crippen LogP contribution in [0.2, 0.25) is 0 Å². The minimum atomic E-state index is -0.987. The molecule has 1 aliphatic rings. The molecule has 156 valence electrons. The van der Waals surface area contributed by atoms with Crippen molar-refractivity contribution in [3.63, 3.8) is 0 Å². The normalized spacial score (nSPS) is 20.5. The molecule has 0 bridgehead atoms. The lowest BCUT2D eigenvalue weighted by atomic mass is 9.71. The third-order valence-electron chi connectivity index (χ3n) is 6.22. The number of nitrogens with zero attached hydrogens (tertiary/aromatic N) is 1. The summed E-state index contributed by atoms with van der Waals surface area (Å²) in [4.78, 5) is 27.1. The molecule has 0 aromatic heterocycles. The maximum Gasteiger partial charge on any atom is 0.327 e. The Kier molecular flexibility index (Phi) is 7.93. The van der Waals surface area contributed by atoms with Gasteiger partial charge in [0.2, 0.25) is 5.91 Å². The average Bonchev–Trinajstić information content (AvgIpc) is 2.68. The molecule has 28 heavy (non-hydrogen) atoms. The van der Waals surface area contributed by atoms with Gasteiger partial charge in [-0.2, -0.15) is 0 Å². The Morgan fingerprint density at radius 1 is 1.21 bits per heavy atom. The zero-order valence-electron chi connectivity index (χ0n) is 17.3. The van der Waals surface area contributed by atoms with E-state index < -0.39 is 17.4 Å². The zero-order chi connectivity index (χ0) is 20.9. The monoisotopic (exact) mass is 409 g/mol. The van der Waals surface area contributed by atoms with Crippen LogP contribution in [-0.4, -0.2) is 39.6 Å². The maximum atomic E-state index is 13.4. The number of amides is 1. The summed E-state index contributed by atoms with van der Waals surface area (Å²) in [5.41, 5.74) is 0.298. The van der Waals surface area contributed by atoms with Crippen LogP contribution in [-0.2, 0) is 9.59 Å². The molecule has 1 heterocycles. The van der Waals surface area contributed by atoms with Crippen LogP contribution in [0.1, 0.15) is 70.8 Å². The Morgan fingerprint density at radius 2 is 1.82 bits per heavy atom. The summed E-state index contributed by atoms with van der Waals surface area (Å²) in [7, 11) is 0. The van der Waals surface area contributed by atoms with E-state index in [1.165, 1.54) is 12.1 Å². The number of carbonyl (C=O) groups is 2. The molecule has 0 saturated carbocycles. The number of carbonyl (C=O) groups excluding carboxylic acids is 1. The molecule has 3 atom stereocenters. The lowest BCUT2D eigenvalue weighted by molar-refractivity contribution is -0.177. The second-order valence-electron chi connectivity index (χ2n) is 7.60.